The summed E-state index contributed by atoms with van der Waals surface area (Å²) in [5.74, 6) is -0.505. The molecule has 2 amide bonds. The topological polar surface area (TPSA) is 76.7 Å². The van der Waals surface area contributed by atoms with Crippen LogP contribution in [0.1, 0.15) is 23.2 Å². The van der Waals surface area contributed by atoms with E-state index in [2.05, 4.69) is 10.9 Å². The van der Waals surface area contributed by atoms with Gasteiger partial charge in [0.2, 0.25) is 0 Å². The van der Waals surface area contributed by atoms with E-state index in [1.54, 1.807) is 6.07 Å². The molecule has 1 aliphatic heterocycles. The second kappa shape index (κ2) is 6.58. The molecule has 0 saturated carbocycles. The number of carbonyl (C=O) groups excluding carboxylic acids is 2. The Morgan fingerprint density at radius 2 is 2.20 bits per heavy atom. The van der Waals surface area contributed by atoms with Gasteiger partial charge in [-0.3, -0.25) is 20.4 Å². The third-order valence-corrected chi connectivity index (χ3v) is 3.16. The normalized spacial score (nSPS) is 17.6. The van der Waals surface area contributed by atoms with Crippen LogP contribution in [0.2, 0.25) is 5.02 Å². The molecule has 1 aromatic rings. The average Bonchev–Trinajstić information content (AvgIpc) is 2.98. The molecule has 108 valence electrons. The van der Waals surface area contributed by atoms with Gasteiger partial charge in [0, 0.05) is 11.6 Å². The summed E-state index contributed by atoms with van der Waals surface area (Å²) in [6.45, 7) is 0.567. The summed E-state index contributed by atoms with van der Waals surface area (Å²) >= 11 is 5.82. The quantitative estimate of drug-likeness (QED) is 0.825. The molecule has 0 aliphatic carbocycles. The molecule has 0 aromatic heterocycles. The van der Waals surface area contributed by atoms with E-state index in [1.807, 2.05) is 0 Å². The van der Waals surface area contributed by atoms with E-state index in [0.717, 1.165) is 6.42 Å². The SMILES string of the molecule is COc1cc(Cl)ccc1C(=O)NNC(=O)C1CCCO1. The number of halogens is 1. The van der Waals surface area contributed by atoms with E-state index in [1.165, 1.54) is 19.2 Å². The van der Waals surface area contributed by atoms with Crippen LogP contribution in [0.5, 0.6) is 5.75 Å². The molecule has 1 aliphatic rings. The number of benzene rings is 1. The number of ether oxygens (including phenoxy) is 2. The van der Waals surface area contributed by atoms with Crippen LogP contribution in [0, 0.1) is 0 Å². The van der Waals surface area contributed by atoms with Crippen LogP contribution in [-0.2, 0) is 9.53 Å². The highest BCUT2D eigenvalue weighted by atomic mass is 35.5. The fourth-order valence-corrected chi connectivity index (χ4v) is 2.07. The van der Waals surface area contributed by atoms with Crippen molar-refractivity contribution in [2.75, 3.05) is 13.7 Å². The first-order chi connectivity index (χ1) is 9.61. The van der Waals surface area contributed by atoms with Crippen molar-refractivity contribution in [2.24, 2.45) is 0 Å². The molecule has 20 heavy (non-hydrogen) atoms. The molecule has 1 saturated heterocycles. The van der Waals surface area contributed by atoms with Crippen molar-refractivity contribution in [3.8, 4) is 5.75 Å². The smallest absolute Gasteiger partial charge is 0.273 e. The van der Waals surface area contributed by atoms with Gasteiger partial charge in [0.1, 0.15) is 11.9 Å². The van der Waals surface area contributed by atoms with Crippen molar-refractivity contribution >= 4 is 23.4 Å². The Bertz CT molecular complexity index is 515. The molecule has 7 heteroatoms. The Kier molecular flexibility index (Phi) is 4.81. The third kappa shape index (κ3) is 3.40. The lowest BCUT2D eigenvalue weighted by atomic mass is 10.2. The molecule has 2 rings (SSSR count). The standard InChI is InChI=1S/C13H15ClN2O4/c1-19-11-7-8(14)4-5-9(11)12(17)15-16-13(18)10-3-2-6-20-10/h4-5,7,10H,2-3,6H2,1H3,(H,15,17)(H,16,18). The largest absolute Gasteiger partial charge is 0.496 e. The van der Waals surface area contributed by atoms with Gasteiger partial charge in [0.25, 0.3) is 11.8 Å². The summed E-state index contributed by atoms with van der Waals surface area (Å²) in [7, 11) is 1.44. The molecule has 1 heterocycles. The van der Waals surface area contributed by atoms with E-state index < -0.39 is 12.0 Å². The minimum absolute atomic E-state index is 0.282. The molecule has 1 aromatic carbocycles. The Morgan fingerprint density at radius 3 is 2.85 bits per heavy atom. The van der Waals surface area contributed by atoms with Crippen molar-refractivity contribution in [3.63, 3.8) is 0 Å². The van der Waals surface area contributed by atoms with Crippen LogP contribution in [-0.4, -0.2) is 31.6 Å². The zero-order valence-electron chi connectivity index (χ0n) is 10.9. The van der Waals surface area contributed by atoms with Crippen molar-refractivity contribution in [3.05, 3.63) is 28.8 Å². The molecule has 1 atom stereocenters. The molecule has 1 fully saturated rings. The van der Waals surface area contributed by atoms with Crippen LogP contribution < -0.4 is 15.6 Å². The Balaban J connectivity index is 1.96. The number of nitrogens with one attached hydrogen (secondary N) is 2. The fourth-order valence-electron chi connectivity index (χ4n) is 1.90. The molecule has 2 N–H and O–H groups in total. The summed E-state index contributed by atoms with van der Waals surface area (Å²) in [6.07, 6.45) is 1.01. The number of hydrazine groups is 1. The second-order valence-corrected chi connectivity index (χ2v) is 4.73. The van der Waals surface area contributed by atoms with Crippen molar-refractivity contribution in [1.82, 2.24) is 10.9 Å². The Morgan fingerprint density at radius 1 is 1.40 bits per heavy atom. The number of amides is 2. The first-order valence-electron chi connectivity index (χ1n) is 6.17. The van der Waals surface area contributed by atoms with Gasteiger partial charge in [-0.25, -0.2) is 0 Å². The summed E-state index contributed by atoms with van der Waals surface area (Å²) in [6, 6.07) is 4.62. The lowest BCUT2D eigenvalue weighted by Crippen LogP contribution is -2.46. The summed E-state index contributed by atoms with van der Waals surface area (Å²) < 4.78 is 10.3. The maximum absolute atomic E-state index is 12.0. The minimum atomic E-state index is -0.498. The lowest BCUT2D eigenvalue weighted by Gasteiger charge is -2.13. The number of hydrogen-bond donors (Lipinski definition) is 2. The Labute approximate surface area is 121 Å². The van der Waals surface area contributed by atoms with Crippen molar-refractivity contribution in [1.29, 1.82) is 0 Å². The Hall–Kier alpha value is -1.79. The highest BCUT2D eigenvalue weighted by molar-refractivity contribution is 6.30. The van der Waals surface area contributed by atoms with Crippen molar-refractivity contribution in [2.45, 2.75) is 18.9 Å². The second-order valence-electron chi connectivity index (χ2n) is 4.29. The van der Waals surface area contributed by atoms with E-state index in [-0.39, 0.29) is 11.5 Å². The summed E-state index contributed by atoms with van der Waals surface area (Å²) in [4.78, 5) is 23.7. The number of methoxy groups -OCH3 is 1. The minimum Gasteiger partial charge on any atom is -0.496 e. The van der Waals surface area contributed by atoms with Gasteiger partial charge in [-0.2, -0.15) is 0 Å². The molecule has 1 unspecified atom stereocenters. The van der Waals surface area contributed by atoms with Gasteiger partial charge in [-0.15, -0.1) is 0 Å². The molecular weight excluding hydrogens is 284 g/mol. The van der Waals surface area contributed by atoms with Gasteiger partial charge in [0.15, 0.2) is 0 Å². The first-order valence-corrected chi connectivity index (χ1v) is 6.55. The van der Waals surface area contributed by atoms with Crippen LogP contribution >= 0.6 is 11.6 Å². The molecule has 0 bridgehead atoms. The fraction of sp³-hybridized carbons (Fsp3) is 0.385. The molecular formula is C13H15ClN2O4. The predicted molar refractivity (Wildman–Crippen MR) is 72.6 cm³/mol. The van der Waals surface area contributed by atoms with Crippen LogP contribution in [0.3, 0.4) is 0 Å². The van der Waals surface area contributed by atoms with E-state index in [9.17, 15) is 9.59 Å². The molecule has 0 spiro atoms. The molecule has 6 nitrogen and oxygen atoms in total. The number of carbonyl (C=O) groups is 2. The van der Waals surface area contributed by atoms with E-state index >= 15 is 0 Å². The summed E-state index contributed by atoms with van der Waals surface area (Å²) in [5, 5.41) is 0.460. The van der Waals surface area contributed by atoms with Crippen LogP contribution in [0.4, 0.5) is 0 Å². The highest BCUT2D eigenvalue weighted by Crippen LogP contribution is 2.22. The average molecular weight is 299 g/mol. The maximum atomic E-state index is 12.0. The van der Waals surface area contributed by atoms with Crippen molar-refractivity contribution < 1.29 is 19.1 Å². The lowest BCUT2D eigenvalue weighted by molar-refractivity contribution is -0.130. The van der Waals surface area contributed by atoms with E-state index in [0.29, 0.717) is 23.8 Å². The summed E-state index contributed by atoms with van der Waals surface area (Å²) in [5.41, 5.74) is 4.95. The van der Waals surface area contributed by atoms with Gasteiger partial charge < -0.3 is 9.47 Å². The predicted octanol–water partition coefficient (Wildman–Crippen LogP) is 1.29. The van der Waals surface area contributed by atoms with Gasteiger partial charge in [0.05, 0.1) is 12.7 Å². The number of hydrogen-bond acceptors (Lipinski definition) is 4. The molecule has 0 radical (unpaired) electrons. The zero-order valence-corrected chi connectivity index (χ0v) is 11.7. The van der Waals surface area contributed by atoms with E-state index in [4.69, 9.17) is 21.1 Å². The zero-order chi connectivity index (χ0) is 14.5. The van der Waals surface area contributed by atoms with Crippen LogP contribution in [0.25, 0.3) is 0 Å². The first kappa shape index (κ1) is 14.6. The van der Waals surface area contributed by atoms with Gasteiger partial charge in [-0.1, -0.05) is 11.6 Å². The third-order valence-electron chi connectivity index (χ3n) is 2.93. The van der Waals surface area contributed by atoms with Gasteiger partial charge in [-0.05, 0) is 31.0 Å². The van der Waals surface area contributed by atoms with Crippen LogP contribution in [0.15, 0.2) is 18.2 Å². The maximum Gasteiger partial charge on any atom is 0.273 e. The van der Waals surface area contributed by atoms with Gasteiger partial charge >= 0.3 is 0 Å². The number of rotatable bonds is 3. The highest BCUT2D eigenvalue weighted by Gasteiger charge is 2.24. The monoisotopic (exact) mass is 298 g/mol.